The summed E-state index contributed by atoms with van der Waals surface area (Å²) in [5, 5.41) is 1.18. The predicted octanol–water partition coefficient (Wildman–Crippen LogP) is 3.70. The molecule has 0 radical (unpaired) electrons. The Labute approximate surface area is 195 Å². The maximum Gasteiger partial charge on any atom is 0.317 e. The van der Waals surface area contributed by atoms with Crippen molar-refractivity contribution in [3.8, 4) is 11.3 Å². The van der Waals surface area contributed by atoms with Gasteiger partial charge in [0.15, 0.2) is 0 Å². The van der Waals surface area contributed by atoms with Gasteiger partial charge in [0.1, 0.15) is 0 Å². The fourth-order valence-corrected chi connectivity index (χ4v) is 3.97. The van der Waals surface area contributed by atoms with Crippen molar-refractivity contribution in [3.63, 3.8) is 0 Å². The van der Waals surface area contributed by atoms with Crippen LogP contribution in [0.2, 0.25) is 5.02 Å². The van der Waals surface area contributed by atoms with Crippen molar-refractivity contribution >= 4 is 50.2 Å². The number of nitrogens with two attached hydrogens (primary N) is 2. The van der Waals surface area contributed by atoms with Crippen molar-refractivity contribution in [2.24, 2.45) is 10.7 Å². The lowest BCUT2D eigenvalue weighted by Gasteiger charge is -2.10. The number of benzene rings is 3. The number of aliphatic imine (C=N–C) groups is 1. The number of guanidine groups is 1. The SMILES string of the molecule is Cc1ccc(S(=O)(=O)ONC(N)=Nc2nc(-c3ccccc3N)c3cc(Cl)ccc3n2)cc1. The molecule has 0 amide bonds. The van der Waals surface area contributed by atoms with Crippen LogP contribution in [0, 0.1) is 6.92 Å². The first kappa shape index (κ1) is 22.5. The van der Waals surface area contributed by atoms with E-state index in [0.717, 1.165) is 5.56 Å². The standard InChI is InChI=1S/C22H19ClN6O3S/c1-13-6-9-15(10-7-13)33(30,31)32-29-21(25)28-22-26-19-11-8-14(23)12-17(19)20(27-22)16-4-2-3-5-18(16)24/h2-12H,24H2,1H3,(H3,25,26,27,28,29). The molecule has 5 N–H and O–H groups in total. The van der Waals surface area contributed by atoms with Crippen molar-refractivity contribution in [2.45, 2.75) is 11.8 Å². The molecular formula is C22H19ClN6O3S. The Morgan fingerprint density at radius 3 is 2.52 bits per heavy atom. The molecular weight excluding hydrogens is 464 g/mol. The highest BCUT2D eigenvalue weighted by Gasteiger charge is 2.17. The van der Waals surface area contributed by atoms with Crippen molar-refractivity contribution < 1.29 is 12.7 Å². The summed E-state index contributed by atoms with van der Waals surface area (Å²) >= 11 is 6.17. The van der Waals surface area contributed by atoms with Gasteiger partial charge >= 0.3 is 10.1 Å². The highest BCUT2D eigenvalue weighted by atomic mass is 35.5. The first-order chi connectivity index (χ1) is 15.7. The van der Waals surface area contributed by atoms with E-state index >= 15 is 0 Å². The zero-order valence-corrected chi connectivity index (χ0v) is 18.9. The third-order valence-corrected chi connectivity index (χ3v) is 6.04. The van der Waals surface area contributed by atoms with E-state index in [2.05, 4.69) is 20.4 Å². The van der Waals surface area contributed by atoms with Gasteiger partial charge in [0.2, 0.25) is 5.96 Å². The van der Waals surface area contributed by atoms with Crippen molar-refractivity contribution in [1.82, 2.24) is 15.4 Å². The lowest BCUT2D eigenvalue weighted by molar-refractivity contribution is 0.266. The second-order valence-corrected chi connectivity index (χ2v) is 9.05. The van der Waals surface area contributed by atoms with E-state index in [0.29, 0.717) is 32.9 Å². The van der Waals surface area contributed by atoms with Crippen LogP contribution in [0.15, 0.2) is 76.6 Å². The quantitative estimate of drug-likeness (QED) is 0.169. The molecule has 0 aliphatic carbocycles. The molecule has 0 atom stereocenters. The molecule has 3 aromatic carbocycles. The van der Waals surface area contributed by atoms with E-state index in [1.54, 1.807) is 36.4 Å². The summed E-state index contributed by atoms with van der Waals surface area (Å²) in [7, 11) is -4.10. The maximum absolute atomic E-state index is 12.3. The van der Waals surface area contributed by atoms with Gasteiger partial charge in [0.05, 0.1) is 16.1 Å². The normalized spacial score (nSPS) is 12.1. The summed E-state index contributed by atoms with van der Waals surface area (Å²) in [6.45, 7) is 1.84. The molecule has 0 aliphatic rings. The minimum Gasteiger partial charge on any atom is -0.398 e. The van der Waals surface area contributed by atoms with Gasteiger partial charge in [-0.2, -0.15) is 13.4 Å². The van der Waals surface area contributed by atoms with Crippen molar-refractivity contribution in [2.75, 3.05) is 5.73 Å². The number of hydrogen-bond donors (Lipinski definition) is 3. The number of fused-ring (bicyclic) bond motifs is 1. The van der Waals surface area contributed by atoms with Crippen molar-refractivity contribution in [1.29, 1.82) is 0 Å². The van der Waals surface area contributed by atoms with Crippen LogP contribution in [-0.2, 0) is 14.4 Å². The number of rotatable bonds is 5. The number of aromatic nitrogens is 2. The number of nitrogens with zero attached hydrogens (tertiary/aromatic N) is 3. The van der Waals surface area contributed by atoms with Gasteiger partial charge < -0.3 is 11.5 Å². The summed E-state index contributed by atoms with van der Waals surface area (Å²) < 4.78 is 29.5. The Hall–Kier alpha value is -3.73. The Morgan fingerprint density at radius 1 is 1.06 bits per heavy atom. The number of halogens is 1. The summed E-state index contributed by atoms with van der Waals surface area (Å²) in [6.07, 6.45) is 0. The monoisotopic (exact) mass is 482 g/mol. The number of hydroxylamine groups is 1. The Kier molecular flexibility index (Phi) is 6.14. The van der Waals surface area contributed by atoms with Crippen LogP contribution in [0.1, 0.15) is 5.56 Å². The predicted molar refractivity (Wildman–Crippen MR) is 128 cm³/mol. The summed E-state index contributed by atoms with van der Waals surface area (Å²) in [6, 6.07) is 18.5. The molecule has 0 saturated carbocycles. The molecule has 4 aromatic rings. The van der Waals surface area contributed by atoms with Crippen LogP contribution >= 0.6 is 11.6 Å². The van der Waals surface area contributed by atoms with Gasteiger partial charge in [-0.25, -0.2) is 15.4 Å². The third kappa shape index (κ3) is 5.03. The molecule has 1 heterocycles. The maximum atomic E-state index is 12.3. The molecule has 0 spiro atoms. The number of nitrogens with one attached hydrogen (secondary N) is 1. The summed E-state index contributed by atoms with van der Waals surface area (Å²) in [5.41, 5.74) is 17.2. The molecule has 168 valence electrons. The second-order valence-electron chi connectivity index (χ2n) is 7.07. The van der Waals surface area contributed by atoms with Crippen LogP contribution in [0.3, 0.4) is 0 Å². The van der Waals surface area contributed by atoms with E-state index in [4.69, 9.17) is 27.4 Å². The lowest BCUT2D eigenvalue weighted by atomic mass is 10.0. The molecule has 0 aliphatic heterocycles. The van der Waals surface area contributed by atoms with Crippen LogP contribution < -0.4 is 16.9 Å². The van der Waals surface area contributed by atoms with Crippen LogP contribution in [0.5, 0.6) is 0 Å². The van der Waals surface area contributed by atoms with Gasteiger partial charge in [0.25, 0.3) is 5.95 Å². The number of hydrogen-bond acceptors (Lipinski definition) is 7. The Balaban J connectivity index is 1.67. The Bertz CT molecular complexity index is 1470. The van der Waals surface area contributed by atoms with Gasteiger partial charge in [-0.05, 0) is 43.3 Å². The molecule has 0 saturated heterocycles. The average Bonchev–Trinajstić information content (AvgIpc) is 2.78. The molecule has 33 heavy (non-hydrogen) atoms. The fourth-order valence-electron chi connectivity index (χ4n) is 3.04. The largest absolute Gasteiger partial charge is 0.398 e. The summed E-state index contributed by atoms with van der Waals surface area (Å²) in [5.74, 6) is -0.379. The minimum atomic E-state index is -4.10. The molecule has 11 heteroatoms. The van der Waals surface area contributed by atoms with E-state index in [1.807, 2.05) is 25.1 Å². The molecule has 9 nitrogen and oxygen atoms in total. The first-order valence-electron chi connectivity index (χ1n) is 9.65. The van der Waals surface area contributed by atoms with E-state index < -0.39 is 10.1 Å². The van der Waals surface area contributed by atoms with Crippen LogP contribution in [0.25, 0.3) is 22.2 Å². The second kappa shape index (κ2) is 9.02. The molecule has 1 aromatic heterocycles. The number of anilines is 1. The minimum absolute atomic E-state index is 0.0237. The molecule has 0 fully saturated rings. The van der Waals surface area contributed by atoms with E-state index in [-0.39, 0.29) is 16.8 Å². The first-order valence-corrected chi connectivity index (χ1v) is 11.4. The van der Waals surface area contributed by atoms with Gasteiger partial charge in [-0.1, -0.05) is 47.5 Å². The zero-order chi connectivity index (χ0) is 23.6. The van der Waals surface area contributed by atoms with Gasteiger partial charge in [-0.15, -0.1) is 4.28 Å². The third-order valence-electron chi connectivity index (χ3n) is 4.65. The van der Waals surface area contributed by atoms with Gasteiger partial charge in [-0.3, -0.25) is 0 Å². The van der Waals surface area contributed by atoms with Crippen molar-refractivity contribution in [3.05, 3.63) is 77.3 Å². The van der Waals surface area contributed by atoms with E-state index in [9.17, 15) is 8.42 Å². The topological polar surface area (TPSA) is 146 Å². The molecule has 4 rings (SSSR count). The highest BCUT2D eigenvalue weighted by Crippen LogP contribution is 2.33. The van der Waals surface area contributed by atoms with E-state index in [1.165, 1.54) is 12.1 Å². The molecule has 0 unspecified atom stereocenters. The van der Waals surface area contributed by atoms with Gasteiger partial charge in [0, 0.05) is 21.7 Å². The molecule has 0 bridgehead atoms. The smallest absolute Gasteiger partial charge is 0.317 e. The number of para-hydroxylation sites is 1. The number of nitrogen functional groups attached to an aromatic ring is 1. The fraction of sp³-hybridized carbons (Fsp3) is 0.0455. The highest BCUT2D eigenvalue weighted by molar-refractivity contribution is 7.86. The average molecular weight is 483 g/mol. The number of aryl methyl sites for hydroxylation is 1. The van der Waals surface area contributed by atoms with Crippen LogP contribution in [-0.4, -0.2) is 24.3 Å². The lowest BCUT2D eigenvalue weighted by Crippen LogP contribution is -2.33. The Morgan fingerprint density at radius 2 is 1.79 bits per heavy atom. The zero-order valence-electron chi connectivity index (χ0n) is 17.4. The summed E-state index contributed by atoms with van der Waals surface area (Å²) in [4.78, 5) is 12.8. The van der Waals surface area contributed by atoms with Crippen LogP contribution in [0.4, 0.5) is 11.6 Å².